The number of amides is 2. The van der Waals surface area contributed by atoms with E-state index >= 15 is 0 Å². The summed E-state index contributed by atoms with van der Waals surface area (Å²) in [5, 5.41) is 5.25. The van der Waals surface area contributed by atoms with Gasteiger partial charge in [0.05, 0.1) is 22.7 Å². The predicted octanol–water partition coefficient (Wildman–Crippen LogP) is 3.56. The molecule has 2 N–H and O–H groups in total. The van der Waals surface area contributed by atoms with Crippen LogP contribution in [0, 0.1) is 5.82 Å². The molecule has 0 aromatic heterocycles. The van der Waals surface area contributed by atoms with Gasteiger partial charge in [0, 0.05) is 5.70 Å². The number of benzene rings is 1. The standard InChI is InChI=1S/C16H18BrFN2O3/c1-3-4-7-23-15(21)13-9(2)19-16(22)20-14(13)10-5-6-12(18)11(17)8-10/h5-6,8,14H,3-4,7H2,1-2H3,(H2,19,20,22). The van der Waals surface area contributed by atoms with E-state index in [9.17, 15) is 14.0 Å². The van der Waals surface area contributed by atoms with Crippen LogP contribution in [0.2, 0.25) is 0 Å². The number of halogens is 2. The average Bonchev–Trinajstić information content (AvgIpc) is 2.49. The van der Waals surface area contributed by atoms with Gasteiger partial charge < -0.3 is 15.4 Å². The van der Waals surface area contributed by atoms with Gasteiger partial charge in [0.2, 0.25) is 0 Å². The topological polar surface area (TPSA) is 67.4 Å². The van der Waals surface area contributed by atoms with Crippen molar-refractivity contribution < 1.29 is 18.7 Å². The summed E-state index contributed by atoms with van der Waals surface area (Å²) < 4.78 is 19.0. The maximum atomic E-state index is 13.4. The summed E-state index contributed by atoms with van der Waals surface area (Å²) in [6, 6.07) is 3.25. The molecule has 0 spiro atoms. The second-order valence-corrected chi connectivity index (χ2v) is 6.09. The number of ether oxygens (including phenoxy) is 1. The molecule has 7 heteroatoms. The van der Waals surface area contributed by atoms with Gasteiger partial charge in [-0.3, -0.25) is 0 Å². The second kappa shape index (κ2) is 7.59. The maximum absolute atomic E-state index is 13.4. The lowest BCUT2D eigenvalue weighted by Gasteiger charge is -2.28. The van der Waals surface area contributed by atoms with Crippen LogP contribution in [0.1, 0.15) is 38.3 Å². The molecule has 1 atom stereocenters. The highest BCUT2D eigenvalue weighted by molar-refractivity contribution is 9.10. The first kappa shape index (κ1) is 17.5. The Morgan fingerprint density at radius 1 is 1.43 bits per heavy atom. The van der Waals surface area contributed by atoms with Gasteiger partial charge in [0.15, 0.2) is 0 Å². The Kier molecular flexibility index (Phi) is 5.76. The van der Waals surface area contributed by atoms with E-state index in [1.54, 1.807) is 6.92 Å². The molecule has 124 valence electrons. The third-order valence-electron chi connectivity index (χ3n) is 3.50. The number of carbonyl (C=O) groups excluding carboxylic acids is 2. The minimum absolute atomic E-state index is 0.263. The summed E-state index contributed by atoms with van der Waals surface area (Å²) in [6.45, 7) is 3.96. The lowest BCUT2D eigenvalue weighted by Crippen LogP contribution is -2.45. The molecule has 0 saturated heterocycles. The van der Waals surface area contributed by atoms with Gasteiger partial charge in [-0.2, -0.15) is 0 Å². The predicted molar refractivity (Wildman–Crippen MR) is 87.1 cm³/mol. The smallest absolute Gasteiger partial charge is 0.338 e. The zero-order valence-electron chi connectivity index (χ0n) is 12.9. The van der Waals surface area contributed by atoms with Crippen LogP contribution in [-0.4, -0.2) is 18.6 Å². The monoisotopic (exact) mass is 384 g/mol. The van der Waals surface area contributed by atoms with E-state index in [1.807, 2.05) is 6.92 Å². The molecule has 0 saturated carbocycles. The third-order valence-corrected chi connectivity index (χ3v) is 4.10. The molecule has 0 radical (unpaired) electrons. The minimum atomic E-state index is -0.685. The minimum Gasteiger partial charge on any atom is -0.462 e. The van der Waals surface area contributed by atoms with Gasteiger partial charge in [-0.1, -0.05) is 19.4 Å². The van der Waals surface area contributed by atoms with Crippen molar-refractivity contribution >= 4 is 27.9 Å². The lowest BCUT2D eigenvalue weighted by atomic mass is 9.95. The zero-order valence-corrected chi connectivity index (χ0v) is 14.5. The summed E-state index contributed by atoms with van der Waals surface area (Å²) in [6.07, 6.45) is 1.68. The molecule has 1 aromatic rings. The highest BCUT2D eigenvalue weighted by atomic mass is 79.9. The molecule has 1 aliphatic rings. The Morgan fingerprint density at radius 2 is 2.17 bits per heavy atom. The van der Waals surface area contributed by atoms with Gasteiger partial charge in [-0.15, -0.1) is 0 Å². The van der Waals surface area contributed by atoms with Gasteiger partial charge in [0.25, 0.3) is 0 Å². The van der Waals surface area contributed by atoms with Crippen LogP contribution in [0.3, 0.4) is 0 Å². The Balaban J connectivity index is 2.33. The van der Waals surface area contributed by atoms with Crippen molar-refractivity contribution in [2.45, 2.75) is 32.7 Å². The molecular weight excluding hydrogens is 367 g/mol. The fourth-order valence-electron chi connectivity index (χ4n) is 2.29. The average molecular weight is 385 g/mol. The molecule has 1 aromatic carbocycles. The first-order valence-corrected chi connectivity index (χ1v) is 8.13. The maximum Gasteiger partial charge on any atom is 0.338 e. The van der Waals surface area contributed by atoms with E-state index in [-0.39, 0.29) is 4.47 Å². The van der Waals surface area contributed by atoms with Crippen molar-refractivity contribution in [1.29, 1.82) is 0 Å². The Labute approximate surface area is 142 Å². The fourth-order valence-corrected chi connectivity index (χ4v) is 2.69. The first-order valence-electron chi connectivity index (χ1n) is 7.34. The van der Waals surface area contributed by atoms with Crippen LogP contribution in [-0.2, 0) is 9.53 Å². The highest BCUT2D eigenvalue weighted by Gasteiger charge is 2.32. The van der Waals surface area contributed by atoms with Crippen molar-refractivity contribution in [3.05, 3.63) is 45.3 Å². The van der Waals surface area contributed by atoms with Crippen LogP contribution in [0.15, 0.2) is 33.9 Å². The van der Waals surface area contributed by atoms with Crippen LogP contribution < -0.4 is 10.6 Å². The number of urea groups is 1. The number of unbranched alkanes of at least 4 members (excludes halogenated alkanes) is 1. The van der Waals surface area contributed by atoms with E-state index in [0.717, 1.165) is 12.8 Å². The first-order chi connectivity index (χ1) is 10.9. The molecule has 0 bridgehead atoms. The van der Waals surface area contributed by atoms with Gasteiger partial charge in [-0.25, -0.2) is 14.0 Å². The SMILES string of the molecule is CCCCOC(=O)C1=C(C)NC(=O)NC1c1ccc(F)c(Br)c1. The van der Waals surface area contributed by atoms with Crippen LogP contribution >= 0.6 is 15.9 Å². The number of hydrogen-bond acceptors (Lipinski definition) is 3. The highest BCUT2D eigenvalue weighted by Crippen LogP contribution is 2.30. The molecule has 2 rings (SSSR count). The molecule has 0 aliphatic carbocycles. The van der Waals surface area contributed by atoms with Gasteiger partial charge >= 0.3 is 12.0 Å². The number of hydrogen-bond donors (Lipinski definition) is 2. The van der Waals surface area contributed by atoms with Gasteiger partial charge in [0.1, 0.15) is 5.82 Å². The quantitative estimate of drug-likeness (QED) is 0.602. The Bertz CT molecular complexity index is 661. The molecule has 2 amide bonds. The largest absolute Gasteiger partial charge is 0.462 e. The third kappa shape index (κ3) is 4.10. The van der Waals surface area contributed by atoms with Crippen molar-refractivity contribution in [2.75, 3.05) is 6.61 Å². The zero-order chi connectivity index (χ0) is 17.0. The summed E-state index contributed by atoms with van der Waals surface area (Å²) in [5.74, 6) is -0.907. The van der Waals surface area contributed by atoms with E-state index < -0.39 is 23.9 Å². The Hall–Kier alpha value is -1.89. The normalized spacial score (nSPS) is 17.6. The van der Waals surface area contributed by atoms with E-state index in [2.05, 4.69) is 26.6 Å². The van der Waals surface area contributed by atoms with Crippen molar-refractivity contribution in [2.24, 2.45) is 0 Å². The number of nitrogens with one attached hydrogen (secondary N) is 2. The van der Waals surface area contributed by atoms with Crippen molar-refractivity contribution in [1.82, 2.24) is 10.6 Å². The molecule has 0 fully saturated rings. The van der Waals surface area contributed by atoms with Crippen LogP contribution in [0.5, 0.6) is 0 Å². The number of esters is 1. The number of carbonyl (C=O) groups is 2. The van der Waals surface area contributed by atoms with Crippen LogP contribution in [0.4, 0.5) is 9.18 Å². The number of rotatable bonds is 5. The lowest BCUT2D eigenvalue weighted by molar-refractivity contribution is -0.139. The van der Waals surface area contributed by atoms with Crippen LogP contribution in [0.25, 0.3) is 0 Å². The summed E-state index contributed by atoms with van der Waals surface area (Å²) >= 11 is 3.12. The van der Waals surface area contributed by atoms with E-state index in [4.69, 9.17) is 4.74 Å². The summed E-state index contributed by atoms with van der Waals surface area (Å²) in [5.41, 5.74) is 1.34. The van der Waals surface area contributed by atoms with E-state index in [0.29, 0.717) is 23.4 Å². The van der Waals surface area contributed by atoms with Crippen molar-refractivity contribution in [3.63, 3.8) is 0 Å². The molecule has 1 aliphatic heterocycles. The van der Waals surface area contributed by atoms with Gasteiger partial charge in [-0.05, 0) is 47.0 Å². The number of allylic oxidation sites excluding steroid dienone is 1. The molecule has 23 heavy (non-hydrogen) atoms. The summed E-state index contributed by atoms with van der Waals surface area (Å²) in [7, 11) is 0. The van der Waals surface area contributed by atoms with E-state index in [1.165, 1.54) is 18.2 Å². The Morgan fingerprint density at radius 3 is 2.83 bits per heavy atom. The molecule has 5 nitrogen and oxygen atoms in total. The summed E-state index contributed by atoms with van der Waals surface area (Å²) in [4.78, 5) is 24.1. The second-order valence-electron chi connectivity index (χ2n) is 5.23. The fraction of sp³-hybridized carbons (Fsp3) is 0.375. The molecule has 1 unspecified atom stereocenters. The molecular formula is C16H18BrFN2O3. The molecule has 1 heterocycles. The van der Waals surface area contributed by atoms with Crippen molar-refractivity contribution in [3.8, 4) is 0 Å².